The smallest absolute Gasteiger partial charge is 0.170 e. The molecule has 30 heavy (non-hydrogen) atoms. The summed E-state index contributed by atoms with van der Waals surface area (Å²) in [5, 5.41) is 30.9. The van der Waals surface area contributed by atoms with Crippen molar-refractivity contribution in [3.8, 4) is 69.1 Å². The first kappa shape index (κ1) is 20.7. The molecule has 0 bridgehead atoms. The maximum atomic E-state index is 11.0. The molecule has 0 atom stereocenters. The van der Waals surface area contributed by atoms with Gasteiger partial charge in [-0.2, -0.15) is 0 Å². The Morgan fingerprint density at radius 1 is 0.867 bits per heavy atom. The molecule has 0 fully saturated rings. The van der Waals surface area contributed by atoms with Gasteiger partial charge in [0.2, 0.25) is 0 Å². The van der Waals surface area contributed by atoms with E-state index in [4.69, 9.17) is 20.6 Å². The SMILES string of the molecule is C#CCCOc1ccc(-c2c(OC)cc(-c3ccc(O)cc3)c(OC)c2O)cc1O. The molecule has 0 aliphatic carbocycles. The van der Waals surface area contributed by atoms with Crippen LogP contribution in [0.4, 0.5) is 0 Å². The second-order valence-corrected chi connectivity index (χ2v) is 6.42. The van der Waals surface area contributed by atoms with Gasteiger partial charge in [0.25, 0.3) is 0 Å². The number of benzene rings is 3. The Bertz CT molecular complexity index is 1080. The predicted octanol–water partition coefficient (Wildman–Crippen LogP) is 4.56. The Morgan fingerprint density at radius 2 is 1.57 bits per heavy atom. The summed E-state index contributed by atoms with van der Waals surface area (Å²) in [5.41, 5.74) is 2.20. The summed E-state index contributed by atoms with van der Waals surface area (Å²) in [4.78, 5) is 0. The van der Waals surface area contributed by atoms with Crippen LogP contribution in [0.1, 0.15) is 6.42 Å². The van der Waals surface area contributed by atoms with Gasteiger partial charge in [0, 0.05) is 12.0 Å². The van der Waals surface area contributed by atoms with E-state index < -0.39 is 0 Å². The fraction of sp³-hybridized carbons (Fsp3) is 0.167. The molecule has 3 rings (SSSR count). The highest BCUT2D eigenvalue weighted by Crippen LogP contribution is 2.50. The van der Waals surface area contributed by atoms with Crippen LogP contribution in [0.5, 0.6) is 34.5 Å². The minimum atomic E-state index is -0.139. The Labute approximate surface area is 174 Å². The highest BCUT2D eigenvalue weighted by molar-refractivity contribution is 5.88. The first-order valence-electron chi connectivity index (χ1n) is 9.17. The number of hydrogen-bond donors (Lipinski definition) is 3. The molecule has 3 aromatic carbocycles. The Kier molecular flexibility index (Phi) is 6.23. The lowest BCUT2D eigenvalue weighted by molar-refractivity contribution is 0.307. The molecule has 6 nitrogen and oxygen atoms in total. The van der Waals surface area contributed by atoms with E-state index in [0.29, 0.717) is 34.6 Å². The molecular formula is C24H22O6. The number of hydrogen-bond acceptors (Lipinski definition) is 6. The van der Waals surface area contributed by atoms with Gasteiger partial charge in [0.15, 0.2) is 23.0 Å². The molecule has 0 aromatic heterocycles. The van der Waals surface area contributed by atoms with E-state index in [9.17, 15) is 15.3 Å². The van der Waals surface area contributed by atoms with Gasteiger partial charge in [-0.15, -0.1) is 12.3 Å². The van der Waals surface area contributed by atoms with Crippen LogP contribution in [-0.2, 0) is 0 Å². The van der Waals surface area contributed by atoms with Crippen molar-refractivity contribution in [1.82, 2.24) is 0 Å². The molecule has 3 aromatic rings. The molecule has 0 heterocycles. The maximum absolute atomic E-state index is 11.0. The van der Waals surface area contributed by atoms with Gasteiger partial charge in [-0.05, 0) is 41.5 Å². The molecule has 6 heteroatoms. The number of ether oxygens (including phenoxy) is 3. The minimum absolute atomic E-state index is 0.0902. The molecule has 0 aliphatic heterocycles. The third-order valence-electron chi connectivity index (χ3n) is 4.57. The molecule has 0 saturated carbocycles. The number of rotatable bonds is 7. The number of aromatic hydroxyl groups is 3. The van der Waals surface area contributed by atoms with Gasteiger partial charge in [0.05, 0.1) is 26.4 Å². The zero-order valence-corrected chi connectivity index (χ0v) is 16.7. The molecular weight excluding hydrogens is 384 g/mol. The number of methoxy groups -OCH3 is 2. The van der Waals surface area contributed by atoms with Gasteiger partial charge in [-0.3, -0.25) is 0 Å². The first-order valence-corrected chi connectivity index (χ1v) is 9.17. The Hall–Kier alpha value is -3.98. The summed E-state index contributed by atoms with van der Waals surface area (Å²) in [7, 11) is 2.94. The maximum Gasteiger partial charge on any atom is 0.170 e. The van der Waals surface area contributed by atoms with Gasteiger partial charge in [0.1, 0.15) is 11.5 Å². The van der Waals surface area contributed by atoms with Crippen LogP contribution in [0, 0.1) is 12.3 Å². The topological polar surface area (TPSA) is 88.4 Å². The number of phenolic OH excluding ortho intramolecular Hbond substituents is 3. The van der Waals surface area contributed by atoms with Gasteiger partial charge in [-0.25, -0.2) is 0 Å². The fourth-order valence-corrected chi connectivity index (χ4v) is 3.14. The lowest BCUT2D eigenvalue weighted by Crippen LogP contribution is -1.97. The normalized spacial score (nSPS) is 10.3. The van der Waals surface area contributed by atoms with E-state index in [-0.39, 0.29) is 29.6 Å². The third-order valence-corrected chi connectivity index (χ3v) is 4.57. The van der Waals surface area contributed by atoms with Crippen molar-refractivity contribution in [3.63, 3.8) is 0 Å². The molecule has 3 N–H and O–H groups in total. The van der Waals surface area contributed by atoms with Crippen LogP contribution in [0.3, 0.4) is 0 Å². The second kappa shape index (κ2) is 9.01. The van der Waals surface area contributed by atoms with Crippen LogP contribution in [0.25, 0.3) is 22.3 Å². The van der Waals surface area contributed by atoms with Crippen LogP contribution in [0.15, 0.2) is 48.5 Å². The van der Waals surface area contributed by atoms with Crippen LogP contribution in [0.2, 0.25) is 0 Å². The Balaban J connectivity index is 2.10. The highest BCUT2D eigenvalue weighted by atomic mass is 16.5. The number of phenols is 3. The van der Waals surface area contributed by atoms with Crippen molar-refractivity contribution in [2.24, 2.45) is 0 Å². The summed E-state index contributed by atoms with van der Waals surface area (Å²) in [6.45, 7) is 0.285. The van der Waals surface area contributed by atoms with Crippen molar-refractivity contribution in [2.45, 2.75) is 6.42 Å². The monoisotopic (exact) mass is 406 g/mol. The average molecular weight is 406 g/mol. The highest BCUT2D eigenvalue weighted by Gasteiger charge is 2.22. The van der Waals surface area contributed by atoms with E-state index >= 15 is 0 Å². The summed E-state index contributed by atoms with van der Waals surface area (Å²) in [6.07, 6.45) is 5.63. The summed E-state index contributed by atoms with van der Waals surface area (Å²) in [6, 6.07) is 13.0. The molecule has 0 saturated heterocycles. The van der Waals surface area contributed by atoms with Crippen molar-refractivity contribution in [3.05, 3.63) is 48.5 Å². The minimum Gasteiger partial charge on any atom is -0.508 e. The second-order valence-electron chi connectivity index (χ2n) is 6.42. The molecule has 0 unspecified atom stereocenters. The third kappa shape index (κ3) is 4.06. The molecule has 0 radical (unpaired) electrons. The van der Waals surface area contributed by atoms with E-state index in [2.05, 4.69) is 5.92 Å². The zero-order valence-electron chi connectivity index (χ0n) is 16.7. The van der Waals surface area contributed by atoms with E-state index in [0.717, 1.165) is 5.56 Å². The Morgan fingerprint density at radius 3 is 2.17 bits per heavy atom. The fourth-order valence-electron chi connectivity index (χ4n) is 3.14. The first-order chi connectivity index (χ1) is 14.5. The summed E-state index contributed by atoms with van der Waals surface area (Å²) in [5.74, 6) is 3.29. The van der Waals surface area contributed by atoms with E-state index in [1.165, 1.54) is 20.3 Å². The zero-order chi connectivity index (χ0) is 21.7. The summed E-state index contributed by atoms with van der Waals surface area (Å²) < 4.78 is 16.4. The van der Waals surface area contributed by atoms with Crippen molar-refractivity contribution in [2.75, 3.05) is 20.8 Å². The van der Waals surface area contributed by atoms with Crippen LogP contribution < -0.4 is 14.2 Å². The quantitative estimate of drug-likeness (QED) is 0.394. The average Bonchev–Trinajstić information content (AvgIpc) is 2.75. The van der Waals surface area contributed by atoms with Crippen molar-refractivity contribution >= 4 is 0 Å². The van der Waals surface area contributed by atoms with Crippen molar-refractivity contribution in [1.29, 1.82) is 0 Å². The van der Waals surface area contributed by atoms with Crippen LogP contribution in [-0.4, -0.2) is 36.1 Å². The van der Waals surface area contributed by atoms with Gasteiger partial charge in [-0.1, -0.05) is 18.2 Å². The van der Waals surface area contributed by atoms with E-state index in [1.54, 1.807) is 42.5 Å². The summed E-state index contributed by atoms with van der Waals surface area (Å²) >= 11 is 0. The van der Waals surface area contributed by atoms with Gasteiger partial charge >= 0.3 is 0 Å². The number of terminal acetylenes is 1. The molecule has 0 amide bonds. The van der Waals surface area contributed by atoms with Gasteiger partial charge < -0.3 is 29.5 Å². The standard InChI is InChI=1S/C24H22O6/c1-4-5-12-30-20-11-8-16(13-19(20)26)22-21(28-2)14-18(24(29-3)23(22)27)15-6-9-17(25)10-7-15/h1,6-11,13-14,25-27H,5,12H2,2-3H3. The van der Waals surface area contributed by atoms with Crippen LogP contribution >= 0.6 is 0 Å². The largest absolute Gasteiger partial charge is 0.508 e. The lowest BCUT2D eigenvalue weighted by Gasteiger charge is -2.18. The lowest BCUT2D eigenvalue weighted by atomic mass is 9.96. The molecule has 0 aliphatic rings. The van der Waals surface area contributed by atoms with E-state index in [1.807, 2.05) is 0 Å². The van der Waals surface area contributed by atoms with Crippen molar-refractivity contribution < 1.29 is 29.5 Å². The molecule has 154 valence electrons. The predicted molar refractivity (Wildman–Crippen MR) is 114 cm³/mol. The molecule has 0 spiro atoms.